The molecule has 0 saturated carbocycles. The van der Waals surface area contributed by atoms with Gasteiger partial charge in [-0.25, -0.2) is 4.79 Å². The highest BCUT2D eigenvalue weighted by Crippen LogP contribution is 2.27. The maximum absolute atomic E-state index is 11.4. The van der Waals surface area contributed by atoms with Crippen LogP contribution >= 0.6 is 27.7 Å². The number of thioether (sulfide) groups is 1. The summed E-state index contributed by atoms with van der Waals surface area (Å²) in [5.74, 6) is -0.137. The Kier molecular flexibility index (Phi) is 4.81. The van der Waals surface area contributed by atoms with Crippen molar-refractivity contribution in [2.24, 2.45) is 7.05 Å². The van der Waals surface area contributed by atoms with Crippen molar-refractivity contribution in [2.75, 3.05) is 6.61 Å². The summed E-state index contributed by atoms with van der Waals surface area (Å²) in [6.07, 6.45) is 0. The minimum Gasteiger partial charge on any atom is -0.459 e. The fourth-order valence-electron chi connectivity index (χ4n) is 1.51. The van der Waals surface area contributed by atoms with Crippen LogP contribution in [0.5, 0.6) is 0 Å². The van der Waals surface area contributed by atoms with Gasteiger partial charge in [-0.15, -0.1) is 5.10 Å². The summed E-state index contributed by atoms with van der Waals surface area (Å²) in [5, 5.41) is 12.1. The minimum absolute atomic E-state index is 0.130. The summed E-state index contributed by atoms with van der Waals surface area (Å²) in [6.45, 7) is 3.90. The van der Waals surface area contributed by atoms with Gasteiger partial charge in [0.15, 0.2) is 0 Å². The van der Waals surface area contributed by atoms with E-state index in [1.54, 1.807) is 11.6 Å². The monoisotopic (exact) mass is 360 g/mol. The number of esters is 1. The largest absolute Gasteiger partial charge is 0.459 e. The molecule has 20 heavy (non-hydrogen) atoms. The van der Waals surface area contributed by atoms with Crippen molar-refractivity contribution in [3.05, 3.63) is 21.8 Å². The first-order chi connectivity index (χ1) is 9.52. The summed E-state index contributed by atoms with van der Waals surface area (Å²) in [6, 6.07) is 0. The van der Waals surface area contributed by atoms with Gasteiger partial charge < -0.3 is 9.15 Å². The Morgan fingerprint density at radius 2 is 2.25 bits per heavy atom. The number of aryl methyl sites for hydroxylation is 2. The van der Waals surface area contributed by atoms with Gasteiger partial charge in [0.1, 0.15) is 0 Å². The van der Waals surface area contributed by atoms with Gasteiger partial charge >= 0.3 is 11.9 Å². The molecule has 0 amide bonds. The van der Waals surface area contributed by atoms with E-state index < -0.39 is 5.97 Å². The van der Waals surface area contributed by atoms with Crippen LogP contribution in [0, 0.1) is 6.92 Å². The van der Waals surface area contributed by atoms with Crippen LogP contribution in [-0.2, 0) is 17.5 Å². The molecule has 0 spiro atoms. The molecule has 0 aromatic carbocycles. The number of halogens is 1. The summed E-state index contributed by atoms with van der Waals surface area (Å²) in [4.78, 5) is 11.4. The number of ether oxygens (including phenoxy) is 1. The van der Waals surface area contributed by atoms with Crippen molar-refractivity contribution in [3.63, 3.8) is 0 Å². The molecular weight excluding hydrogens is 348 g/mol. The van der Waals surface area contributed by atoms with E-state index in [-0.39, 0.29) is 12.5 Å². The summed E-state index contributed by atoms with van der Waals surface area (Å²) in [7, 11) is 1.87. The number of aromatic nitrogens is 4. The Bertz CT molecular complexity index is 625. The number of carbonyl (C=O) groups is 1. The van der Waals surface area contributed by atoms with Crippen LogP contribution in [0.15, 0.2) is 14.1 Å². The maximum atomic E-state index is 11.4. The zero-order chi connectivity index (χ0) is 14.7. The van der Waals surface area contributed by atoms with Crippen LogP contribution < -0.4 is 0 Å². The van der Waals surface area contributed by atoms with Crippen LogP contribution in [-0.4, -0.2) is 32.6 Å². The molecule has 0 fully saturated rings. The molecular formula is C11H13BrN4O3S. The summed E-state index contributed by atoms with van der Waals surface area (Å²) < 4.78 is 12.7. The van der Waals surface area contributed by atoms with E-state index in [0.717, 1.165) is 15.9 Å². The Morgan fingerprint density at radius 3 is 2.85 bits per heavy atom. The third kappa shape index (κ3) is 3.21. The topological polar surface area (TPSA) is 83.0 Å². The van der Waals surface area contributed by atoms with E-state index in [2.05, 4.69) is 31.2 Å². The van der Waals surface area contributed by atoms with E-state index in [0.29, 0.717) is 11.0 Å². The molecule has 7 nitrogen and oxygen atoms in total. The molecule has 0 bridgehead atoms. The lowest BCUT2D eigenvalue weighted by atomic mass is 10.4. The SMILES string of the molecule is CCOC(=O)c1nnc(SCc2c(Br)c(C)nn2C)o1. The molecule has 0 N–H and O–H groups in total. The van der Waals surface area contributed by atoms with Crippen molar-refractivity contribution in [3.8, 4) is 0 Å². The van der Waals surface area contributed by atoms with E-state index in [1.165, 1.54) is 11.8 Å². The third-order valence-electron chi connectivity index (χ3n) is 2.45. The molecule has 0 aliphatic heterocycles. The number of carbonyl (C=O) groups excluding carboxylic acids is 1. The van der Waals surface area contributed by atoms with Crippen LogP contribution in [0.4, 0.5) is 0 Å². The smallest absolute Gasteiger partial charge is 0.396 e. The minimum atomic E-state index is -0.607. The van der Waals surface area contributed by atoms with Crippen molar-refractivity contribution >= 4 is 33.7 Å². The van der Waals surface area contributed by atoms with Gasteiger partial charge in [0, 0.05) is 12.8 Å². The lowest BCUT2D eigenvalue weighted by molar-refractivity contribution is 0.0475. The molecule has 0 atom stereocenters. The Balaban J connectivity index is 2.03. The molecule has 2 aromatic rings. The summed E-state index contributed by atoms with van der Waals surface area (Å²) in [5.41, 5.74) is 1.92. The van der Waals surface area contributed by atoms with Gasteiger partial charge in [0.25, 0.3) is 5.22 Å². The fourth-order valence-corrected chi connectivity index (χ4v) is 3.00. The first kappa shape index (κ1) is 15.0. The second kappa shape index (κ2) is 6.40. The molecule has 2 aromatic heterocycles. The average Bonchev–Trinajstić information content (AvgIpc) is 2.95. The standard InChI is InChI=1S/C11H13BrN4O3S/c1-4-18-10(17)9-13-14-11(19-9)20-5-7-8(12)6(2)15-16(7)3/h4-5H2,1-3H3. The van der Waals surface area contributed by atoms with Crippen LogP contribution in [0.3, 0.4) is 0 Å². The second-order valence-corrected chi connectivity index (χ2v) is 5.57. The quantitative estimate of drug-likeness (QED) is 0.597. The van der Waals surface area contributed by atoms with Gasteiger partial charge in [0.05, 0.1) is 22.5 Å². The van der Waals surface area contributed by atoms with Gasteiger partial charge in [-0.1, -0.05) is 16.9 Å². The molecule has 0 saturated heterocycles. The fraction of sp³-hybridized carbons (Fsp3) is 0.455. The zero-order valence-electron chi connectivity index (χ0n) is 11.2. The molecule has 0 radical (unpaired) electrons. The second-order valence-electron chi connectivity index (χ2n) is 3.85. The van der Waals surface area contributed by atoms with E-state index >= 15 is 0 Å². The predicted octanol–water partition coefficient (Wildman–Crippen LogP) is 2.34. The van der Waals surface area contributed by atoms with E-state index in [1.807, 2.05) is 14.0 Å². The van der Waals surface area contributed by atoms with Crippen LogP contribution in [0.2, 0.25) is 0 Å². The molecule has 2 heterocycles. The Labute approximate surface area is 128 Å². The lowest BCUT2D eigenvalue weighted by Crippen LogP contribution is -2.04. The van der Waals surface area contributed by atoms with Crippen molar-refractivity contribution < 1.29 is 13.9 Å². The highest BCUT2D eigenvalue weighted by Gasteiger charge is 2.17. The van der Waals surface area contributed by atoms with Crippen molar-refractivity contribution in [2.45, 2.75) is 24.8 Å². The molecule has 2 rings (SSSR count). The molecule has 108 valence electrons. The highest BCUT2D eigenvalue weighted by molar-refractivity contribution is 9.10. The zero-order valence-corrected chi connectivity index (χ0v) is 13.6. The van der Waals surface area contributed by atoms with Crippen LogP contribution in [0.1, 0.15) is 29.0 Å². The van der Waals surface area contributed by atoms with Gasteiger partial charge in [0.2, 0.25) is 0 Å². The molecule has 9 heteroatoms. The number of nitrogens with zero attached hydrogens (tertiary/aromatic N) is 4. The Morgan fingerprint density at radius 1 is 1.50 bits per heavy atom. The number of rotatable bonds is 5. The average molecular weight is 361 g/mol. The maximum Gasteiger partial charge on any atom is 0.396 e. The lowest BCUT2D eigenvalue weighted by Gasteiger charge is -1.99. The number of hydrogen-bond donors (Lipinski definition) is 0. The van der Waals surface area contributed by atoms with E-state index in [9.17, 15) is 4.79 Å². The van der Waals surface area contributed by atoms with Gasteiger partial charge in [-0.2, -0.15) is 5.10 Å². The Hall–Kier alpha value is -1.35. The first-order valence-electron chi connectivity index (χ1n) is 5.84. The normalized spacial score (nSPS) is 10.8. The number of hydrogen-bond acceptors (Lipinski definition) is 7. The summed E-state index contributed by atoms with van der Waals surface area (Å²) >= 11 is 4.82. The first-order valence-corrected chi connectivity index (χ1v) is 7.62. The van der Waals surface area contributed by atoms with Crippen molar-refractivity contribution in [1.82, 2.24) is 20.0 Å². The molecule has 0 aliphatic rings. The van der Waals surface area contributed by atoms with Crippen LogP contribution in [0.25, 0.3) is 0 Å². The highest BCUT2D eigenvalue weighted by atomic mass is 79.9. The molecule has 0 unspecified atom stereocenters. The van der Waals surface area contributed by atoms with E-state index in [4.69, 9.17) is 9.15 Å². The molecule has 0 aliphatic carbocycles. The van der Waals surface area contributed by atoms with Crippen molar-refractivity contribution in [1.29, 1.82) is 0 Å². The van der Waals surface area contributed by atoms with Gasteiger partial charge in [-0.3, -0.25) is 4.68 Å². The van der Waals surface area contributed by atoms with Gasteiger partial charge in [-0.05, 0) is 29.8 Å². The third-order valence-corrected chi connectivity index (χ3v) is 4.31. The predicted molar refractivity (Wildman–Crippen MR) is 75.5 cm³/mol.